The molecule has 0 saturated heterocycles. The number of hydrogen-bond acceptors (Lipinski definition) is 6. The van der Waals surface area contributed by atoms with E-state index in [1.165, 1.54) is 7.11 Å². The summed E-state index contributed by atoms with van der Waals surface area (Å²) in [5.74, 6) is -0.106. The van der Waals surface area contributed by atoms with Crippen molar-refractivity contribution in [3.63, 3.8) is 0 Å². The number of methoxy groups -OCH3 is 1. The number of carbonyl (C=O) groups excluding carboxylic acids is 2. The van der Waals surface area contributed by atoms with E-state index < -0.39 is 12.0 Å². The van der Waals surface area contributed by atoms with E-state index in [1.54, 1.807) is 23.9 Å². The molecule has 2 heterocycles. The molecule has 32 heavy (non-hydrogen) atoms. The van der Waals surface area contributed by atoms with Crippen LogP contribution in [0.1, 0.15) is 21.5 Å². The van der Waals surface area contributed by atoms with Gasteiger partial charge < -0.3 is 10.1 Å². The number of benzene rings is 2. The van der Waals surface area contributed by atoms with E-state index in [9.17, 15) is 9.59 Å². The topological polar surface area (TPSA) is 85.6 Å². The average Bonchev–Trinajstić information content (AvgIpc) is 3.26. The highest BCUT2D eigenvalue weighted by Gasteiger charge is 2.22. The van der Waals surface area contributed by atoms with Gasteiger partial charge in [0.1, 0.15) is 6.04 Å². The van der Waals surface area contributed by atoms with Crippen molar-refractivity contribution >= 4 is 29.3 Å². The molecule has 4 rings (SSSR count). The highest BCUT2D eigenvalue weighted by Crippen LogP contribution is 2.22. The quantitative estimate of drug-likeness (QED) is 0.329. The van der Waals surface area contributed by atoms with E-state index in [0.29, 0.717) is 17.7 Å². The molecule has 2 aromatic carbocycles. The Hall–Kier alpha value is -3.65. The molecule has 1 unspecified atom stereocenters. The molecule has 162 valence electrons. The van der Waals surface area contributed by atoms with Gasteiger partial charge in [0, 0.05) is 23.9 Å². The third-order valence-electron chi connectivity index (χ3n) is 4.94. The van der Waals surface area contributed by atoms with Crippen LogP contribution >= 0.6 is 11.8 Å². The zero-order valence-electron chi connectivity index (χ0n) is 17.5. The first-order chi connectivity index (χ1) is 15.6. The van der Waals surface area contributed by atoms with Crippen LogP contribution in [-0.2, 0) is 21.7 Å². The standard InChI is InChI=1S/C24H22N4O3S/c1-31-23(30)20(15-17-7-3-2-4-8-17)25-22(29)19-12-10-18(11-13-19)16-32-24-27-26-21-9-5-6-14-28(21)24/h2-14,20H,15-16H2,1H3,(H,25,29). The van der Waals surface area contributed by atoms with Gasteiger partial charge in [0.2, 0.25) is 0 Å². The molecular formula is C24H22N4O3S. The second-order valence-electron chi connectivity index (χ2n) is 7.14. The number of carbonyl (C=O) groups is 2. The van der Waals surface area contributed by atoms with Crippen LogP contribution in [-0.4, -0.2) is 39.6 Å². The van der Waals surface area contributed by atoms with Crippen LogP contribution < -0.4 is 5.32 Å². The maximum atomic E-state index is 12.7. The number of nitrogens with zero attached hydrogens (tertiary/aromatic N) is 3. The van der Waals surface area contributed by atoms with Gasteiger partial charge in [-0.05, 0) is 35.4 Å². The van der Waals surface area contributed by atoms with Crippen molar-refractivity contribution in [3.8, 4) is 0 Å². The molecule has 0 aliphatic heterocycles. The molecule has 0 fully saturated rings. The maximum Gasteiger partial charge on any atom is 0.328 e. The van der Waals surface area contributed by atoms with Crippen molar-refractivity contribution < 1.29 is 14.3 Å². The smallest absolute Gasteiger partial charge is 0.328 e. The summed E-state index contributed by atoms with van der Waals surface area (Å²) in [6, 6.07) is 21.8. The lowest BCUT2D eigenvalue weighted by Gasteiger charge is -2.17. The van der Waals surface area contributed by atoms with E-state index in [2.05, 4.69) is 15.5 Å². The minimum absolute atomic E-state index is 0.320. The van der Waals surface area contributed by atoms with Crippen LogP contribution in [0.4, 0.5) is 0 Å². The maximum absolute atomic E-state index is 12.7. The lowest BCUT2D eigenvalue weighted by atomic mass is 10.1. The zero-order valence-corrected chi connectivity index (χ0v) is 18.3. The molecule has 0 saturated carbocycles. The van der Waals surface area contributed by atoms with E-state index in [4.69, 9.17) is 4.74 Å². The lowest BCUT2D eigenvalue weighted by Crippen LogP contribution is -2.43. The summed E-state index contributed by atoms with van der Waals surface area (Å²) in [6.45, 7) is 0. The van der Waals surface area contributed by atoms with Crippen molar-refractivity contribution in [1.29, 1.82) is 0 Å². The number of amides is 1. The molecule has 4 aromatic rings. The summed E-state index contributed by atoms with van der Waals surface area (Å²) < 4.78 is 6.81. The van der Waals surface area contributed by atoms with Gasteiger partial charge in [-0.2, -0.15) is 0 Å². The van der Waals surface area contributed by atoms with Crippen molar-refractivity contribution in [2.75, 3.05) is 7.11 Å². The Labute approximate surface area is 189 Å². The fourth-order valence-electron chi connectivity index (χ4n) is 3.25. The minimum atomic E-state index is -0.758. The van der Waals surface area contributed by atoms with Gasteiger partial charge in [-0.15, -0.1) is 10.2 Å². The molecule has 0 bridgehead atoms. The largest absolute Gasteiger partial charge is 0.467 e. The molecule has 1 amide bonds. The molecule has 8 heteroatoms. The molecular weight excluding hydrogens is 424 g/mol. The van der Waals surface area contributed by atoms with Crippen LogP contribution in [0.2, 0.25) is 0 Å². The number of esters is 1. The van der Waals surface area contributed by atoms with Gasteiger partial charge in [-0.1, -0.05) is 60.3 Å². The Morgan fingerprint density at radius 3 is 2.47 bits per heavy atom. The van der Waals surface area contributed by atoms with Crippen LogP contribution in [0.25, 0.3) is 5.65 Å². The second kappa shape index (κ2) is 10.1. The number of pyridine rings is 1. The van der Waals surface area contributed by atoms with Crippen molar-refractivity contribution in [3.05, 3.63) is 95.7 Å². The average molecular weight is 447 g/mol. The monoisotopic (exact) mass is 446 g/mol. The minimum Gasteiger partial charge on any atom is -0.467 e. The van der Waals surface area contributed by atoms with E-state index >= 15 is 0 Å². The summed E-state index contributed by atoms with van der Waals surface area (Å²) in [5.41, 5.74) is 3.27. The van der Waals surface area contributed by atoms with Gasteiger partial charge in [0.25, 0.3) is 5.91 Å². The van der Waals surface area contributed by atoms with Crippen molar-refractivity contribution in [2.24, 2.45) is 0 Å². The molecule has 0 aliphatic carbocycles. The van der Waals surface area contributed by atoms with Crippen molar-refractivity contribution in [2.45, 2.75) is 23.4 Å². The second-order valence-corrected chi connectivity index (χ2v) is 8.08. The fraction of sp³-hybridized carbons (Fsp3) is 0.167. The number of hydrogen-bond donors (Lipinski definition) is 1. The number of thioether (sulfide) groups is 1. The summed E-state index contributed by atoms with van der Waals surface area (Å²) in [5, 5.41) is 12.0. The predicted molar refractivity (Wildman–Crippen MR) is 122 cm³/mol. The van der Waals surface area contributed by atoms with Crippen LogP contribution in [0.15, 0.2) is 84.1 Å². The lowest BCUT2D eigenvalue weighted by molar-refractivity contribution is -0.142. The van der Waals surface area contributed by atoms with Crippen LogP contribution in [0.3, 0.4) is 0 Å². The van der Waals surface area contributed by atoms with Crippen molar-refractivity contribution in [1.82, 2.24) is 19.9 Å². The molecule has 2 aromatic heterocycles. The number of aromatic nitrogens is 3. The first-order valence-corrected chi connectivity index (χ1v) is 11.1. The number of ether oxygens (including phenoxy) is 1. The highest BCUT2D eigenvalue weighted by molar-refractivity contribution is 7.98. The van der Waals surface area contributed by atoms with Gasteiger partial charge >= 0.3 is 5.97 Å². The van der Waals surface area contributed by atoms with Gasteiger partial charge in [0.15, 0.2) is 10.8 Å². The number of fused-ring (bicyclic) bond motifs is 1. The Bertz CT molecular complexity index is 1210. The normalized spacial score (nSPS) is 11.8. The van der Waals surface area contributed by atoms with E-state index in [0.717, 1.165) is 21.9 Å². The SMILES string of the molecule is COC(=O)C(Cc1ccccc1)NC(=O)c1ccc(CSc2nnc3ccccn23)cc1. The third kappa shape index (κ3) is 5.15. The third-order valence-corrected chi connectivity index (χ3v) is 5.95. The molecule has 1 atom stereocenters. The first kappa shape index (κ1) is 21.6. The van der Waals surface area contributed by atoms with Crippen LogP contribution in [0.5, 0.6) is 0 Å². The molecule has 7 nitrogen and oxygen atoms in total. The molecule has 0 radical (unpaired) electrons. The molecule has 1 N–H and O–H groups in total. The Kier molecular flexibility index (Phi) is 6.81. The Morgan fingerprint density at radius 2 is 1.72 bits per heavy atom. The first-order valence-electron chi connectivity index (χ1n) is 10.1. The highest BCUT2D eigenvalue weighted by atomic mass is 32.2. The predicted octanol–water partition coefficient (Wildman–Crippen LogP) is 3.54. The number of nitrogens with one attached hydrogen (secondary N) is 1. The zero-order chi connectivity index (χ0) is 22.3. The summed E-state index contributed by atoms with van der Waals surface area (Å²) in [4.78, 5) is 24.9. The number of rotatable bonds is 8. The Morgan fingerprint density at radius 1 is 0.969 bits per heavy atom. The Balaban J connectivity index is 1.38. The van der Waals surface area contributed by atoms with E-state index in [1.807, 2.05) is 71.3 Å². The fourth-order valence-corrected chi connectivity index (χ4v) is 4.13. The van der Waals surface area contributed by atoms with Gasteiger partial charge in [-0.25, -0.2) is 4.79 Å². The van der Waals surface area contributed by atoms with Gasteiger partial charge in [0.05, 0.1) is 7.11 Å². The van der Waals surface area contributed by atoms with Gasteiger partial charge in [-0.3, -0.25) is 9.20 Å². The summed E-state index contributed by atoms with van der Waals surface area (Å²) >= 11 is 1.57. The molecule has 0 aliphatic rings. The van der Waals surface area contributed by atoms with E-state index in [-0.39, 0.29) is 5.91 Å². The summed E-state index contributed by atoms with van der Waals surface area (Å²) in [7, 11) is 1.32. The van der Waals surface area contributed by atoms with Crippen LogP contribution in [0, 0.1) is 0 Å². The summed E-state index contributed by atoms with van der Waals surface area (Å²) in [6.07, 6.45) is 2.29. The molecule has 0 spiro atoms.